The van der Waals surface area contributed by atoms with E-state index in [0.717, 1.165) is 55.2 Å². The molecule has 4 heteroatoms. The monoisotopic (exact) mass is 355 g/mol. The molecule has 2 aromatic carbocycles. The molecule has 1 N–H and O–H groups in total. The molecule has 2 unspecified atom stereocenters. The summed E-state index contributed by atoms with van der Waals surface area (Å²) in [5, 5.41) is 3.49. The first-order chi connectivity index (χ1) is 12.8. The highest BCUT2D eigenvalue weighted by Gasteiger charge is 2.17. The van der Waals surface area contributed by atoms with Gasteiger partial charge in [0.25, 0.3) is 0 Å². The Morgan fingerprint density at radius 2 is 1.88 bits per heavy atom. The fourth-order valence-corrected chi connectivity index (χ4v) is 3.06. The zero-order valence-electron chi connectivity index (χ0n) is 15.7. The van der Waals surface area contributed by atoms with Gasteiger partial charge in [-0.05, 0) is 49.9 Å². The van der Waals surface area contributed by atoms with Crippen LogP contribution < -0.4 is 14.8 Å². The predicted molar refractivity (Wildman–Crippen MR) is 105 cm³/mol. The van der Waals surface area contributed by atoms with E-state index in [1.807, 2.05) is 42.5 Å². The first kappa shape index (κ1) is 18.6. The van der Waals surface area contributed by atoms with Crippen LogP contribution in [0.25, 0.3) is 0 Å². The average Bonchev–Trinajstić information content (AvgIpc) is 3.19. The summed E-state index contributed by atoms with van der Waals surface area (Å²) in [4.78, 5) is 0. The van der Waals surface area contributed by atoms with Crippen molar-refractivity contribution in [1.82, 2.24) is 0 Å². The van der Waals surface area contributed by atoms with Crippen LogP contribution in [0.5, 0.6) is 11.5 Å². The molecule has 0 amide bonds. The molecule has 2 aromatic rings. The Morgan fingerprint density at radius 3 is 2.62 bits per heavy atom. The van der Waals surface area contributed by atoms with Crippen LogP contribution >= 0.6 is 0 Å². The van der Waals surface area contributed by atoms with Crippen molar-refractivity contribution in [2.45, 2.75) is 45.3 Å². The molecule has 0 bridgehead atoms. The number of aryl methyl sites for hydroxylation is 1. The molecule has 1 saturated heterocycles. The molecule has 0 aliphatic carbocycles. The van der Waals surface area contributed by atoms with Gasteiger partial charge in [-0.25, -0.2) is 0 Å². The molecule has 3 rings (SSSR count). The molecule has 1 aliphatic rings. The number of rotatable bonds is 9. The SMILES string of the molecule is CCC(CNc1ccccc1OCC1CCCO1)Oc1ccccc1C. The van der Waals surface area contributed by atoms with Gasteiger partial charge >= 0.3 is 0 Å². The van der Waals surface area contributed by atoms with Crippen LogP contribution in [-0.4, -0.2) is 32.0 Å². The third kappa shape index (κ3) is 5.15. The van der Waals surface area contributed by atoms with Crippen molar-refractivity contribution >= 4 is 5.69 Å². The Kier molecular flexibility index (Phi) is 6.78. The molecule has 1 fully saturated rings. The maximum Gasteiger partial charge on any atom is 0.142 e. The summed E-state index contributed by atoms with van der Waals surface area (Å²) >= 11 is 0. The van der Waals surface area contributed by atoms with Crippen molar-refractivity contribution < 1.29 is 14.2 Å². The summed E-state index contributed by atoms with van der Waals surface area (Å²) in [7, 11) is 0. The fraction of sp³-hybridized carbons (Fsp3) is 0.455. The van der Waals surface area contributed by atoms with Gasteiger partial charge in [-0.3, -0.25) is 0 Å². The summed E-state index contributed by atoms with van der Waals surface area (Å²) < 4.78 is 17.8. The molecule has 0 saturated carbocycles. The molecule has 2 atom stereocenters. The van der Waals surface area contributed by atoms with Gasteiger partial charge < -0.3 is 19.5 Å². The molecular weight excluding hydrogens is 326 g/mol. The maximum absolute atomic E-state index is 6.17. The van der Waals surface area contributed by atoms with Gasteiger partial charge in [0.15, 0.2) is 0 Å². The normalized spacial score (nSPS) is 17.7. The number of para-hydroxylation sites is 3. The Morgan fingerprint density at radius 1 is 1.12 bits per heavy atom. The van der Waals surface area contributed by atoms with E-state index in [9.17, 15) is 0 Å². The zero-order valence-corrected chi connectivity index (χ0v) is 15.7. The lowest BCUT2D eigenvalue weighted by Gasteiger charge is -2.21. The van der Waals surface area contributed by atoms with Gasteiger partial charge in [-0.2, -0.15) is 0 Å². The van der Waals surface area contributed by atoms with Crippen molar-refractivity contribution in [3.63, 3.8) is 0 Å². The van der Waals surface area contributed by atoms with Crippen molar-refractivity contribution in [3.8, 4) is 11.5 Å². The molecule has 140 valence electrons. The minimum absolute atomic E-state index is 0.0994. The van der Waals surface area contributed by atoms with Crippen LogP contribution in [0.2, 0.25) is 0 Å². The third-order valence-electron chi connectivity index (χ3n) is 4.70. The second-order valence-corrected chi connectivity index (χ2v) is 6.74. The first-order valence-electron chi connectivity index (χ1n) is 9.56. The van der Waals surface area contributed by atoms with Gasteiger partial charge in [-0.15, -0.1) is 0 Å². The first-order valence-corrected chi connectivity index (χ1v) is 9.56. The number of hydrogen-bond donors (Lipinski definition) is 1. The molecule has 1 heterocycles. The maximum atomic E-state index is 6.17. The number of benzene rings is 2. The van der Waals surface area contributed by atoms with Gasteiger partial charge in [0.05, 0.1) is 18.3 Å². The van der Waals surface area contributed by atoms with E-state index in [1.165, 1.54) is 0 Å². The van der Waals surface area contributed by atoms with Gasteiger partial charge in [0.1, 0.15) is 24.2 Å². The van der Waals surface area contributed by atoms with Gasteiger partial charge in [0.2, 0.25) is 0 Å². The topological polar surface area (TPSA) is 39.7 Å². The highest BCUT2D eigenvalue weighted by atomic mass is 16.5. The number of nitrogens with one attached hydrogen (secondary N) is 1. The number of hydrogen-bond acceptors (Lipinski definition) is 4. The van der Waals surface area contributed by atoms with E-state index < -0.39 is 0 Å². The van der Waals surface area contributed by atoms with Crippen molar-refractivity contribution in [1.29, 1.82) is 0 Å². The van der Waals surface area contributed by atoms with Crippen molar-refractivity contribution in [2.75, 3.05) is 25.1 Å². The van der Waals surface area contributed by atoms with Crippen LogP contribution in [0, 0.1) is 6.92 Å². The predicted octanol–water partition coefficient (Wildman–Crippen LogP) is 4.82. The minimum atomic E-state index is 0.0994. The summed E-state index contributed by atoms with van der Waals surface area (Å²) in [6, 6.07) is 16.2. The largest absolute Gasteiger partial charge is 0.489 e. The lowest BCUT2D eigenvalue weighted by molar-refractivity contribution is 0.0682. The van der Waals surface area contributed by atoms with E-state index in [2.05, 4.69) is 25.2 Å². The Bertz CT molecular complexity index is 683. The average molecular weight is 355 g/mol. The summed E-state index contributed by atoms with van der Waals surface area (Å²) in [6.07, 6.45) is 3.46. The lowest BCUT2D eigenvalue weighted by Crippen LogP contribution is -2.26. The van der Waals surface area contributed by atoms with Crippen LogP contribution in [0.3, 0.4) is 0 Å². The molecule has 4 nitrogen and oxygen atoms in total. The van der Waals surface area contributed by atoms with E-state index in [-0.39, 0.29) is 12.2 Å². The van der Waals surface area contributed by atoms with Crippen molar-refractivity contribution in [2.24, 2.45) is 0 Å². The summed E-state index contributed by atoms with van der Waals surface area (Å²) in [6.45, 7) is 6.40. The van der Waals surface area contributed by atoms with Gasteiger partial charge in [-0.1, -0.05) is 37.3 Å². The van der Waals surface area contributed by atoms with E-state index >= 15 is 0 Å². The fourth-order valence-electron chi connectivity index (χ4n) is 3.06. The highest BCUT2D eigenvalue weighted by Crippen LogP contribution is 2.26. The molecular formula is C22H29NO3. The van der Waals surface area contributed by atoms with Crippen LogP contribution in [-0.2, 0) is 4.74 Å². The van der Waals surface area contributed by atoms with Crippen LogP contribution in [0.15, 0.2) is 48.5 Å². The summed E-state index contributed by atoms with van der Waals surface area (Å²) in [5.74, 6) is 1.82. The van der Waals surface area contributed by atoms with E-state index in [0.29, 0.717) is 6.61 Å². The van der Waals surface area contributed by atoms with Crippen molar-refractivity contribution in [3.05, 3.63) is 54.1 Å². The quantitative estimate of drug-likeness (QED) is 0.700. The third-order valence-corrected chi connectivity index (χ3v) is 4.70. The lowest BCUT2D eigenvalue weighted by atomic mass is 10.2. The zero-order chi connectivity index (χ0) is 18.2. The second kappa shape index (κ2) is 9.48. The van der Waals surface area contributed by atoms with E-state index in [4.69, 9.17) is 14.2 Å². The molecule has 26 heavy (non-hydrogen) atoms. The highest BCUT2D eigenvalue weighted by molar-refractivity contribution is 5.56. The number of anilines is 1. The molecule has 0 spiro atoms. The standard InChI is InChI=1S/C22H29NO3/c1-3-18(26-21-12-6-4-9-17(21)2)15-23-20-11-5-7-13-22(20)25-16-19-10-8-14-24-19/h4-7,9,11-13,18-19,23H,3,8,10,14-16H2,1-2H3. The minimum Gasteiger partial charge on any atom is -0.489 e. The summed E-state index contributed by atoms with van der Waals surface area (Å²) in [5.41, 5.74) is 2.16. The number of ether oxygens (including phenoxy) is 3. The molecule has 0 aromatic heterocycles. The van der Waals surface area contributed by atoms with Gasteiger partial charge in [0, 0.05) is 6.61 Å². The smallest absolute Gasteiger partial charge is 0.142 e. The van der Waals surface area contributed by atoms with E-state index in [1.54, 1.807) is 0 Å². The Hall–Kier alpha value is -2.20. The second-order valence-electron chi connectivity index (χ2n) is 6.74. The molecule has 0 radical (unpaired) electrons. The van der Waals surface area contributed by atoms with Crippen LogP contribution in [0.1, 0.15) is 31.7 Å². The Labute approximate surface area is 156 Å². The molecule has 1 aliphatic heterocycles. The Balaban J connectivity index is 1.56. The van der Waals surface area contributed by atoms with Crippen LogP contribution in [0.4, 0.5) is 5.69 Å².